The summed E-state index contributed by atoms with van der Waals surface area (Å²) >= 11 is 0. The summed E-state index contributed by atoms with van der Waals surface area (Å²) in [5.41, 5.74) is 0. The van der Waals surface area contributed by atoms with E-state index in [9.17, 15) is 14.4 Å². The fourth-order valence-corrected chi connectivity index (χ4v) is 2.18. The highest BCUT2D eigenvalue weighted by atomic mass is 16.2. The Morgan fingerprint density at radius 3 is 2.60 bits per heavy atom. The van der Waals surface area contributed by atoms with Crippen molar-refractivity contribution in [2.24, 2.45) is 5.92 Å². The van der Waals surface area contributed by atoms with Crippen LogP contribution in [0.5, 0.6) is 0 Å². The maximum Gasteiger partial charge on any atom is 0.318 e. The molecule has 1 aliphatic heterocycles. The first-order chi connectivity index (χ1) is 7.20. The summed E-state index contributed by atoms with van der Waals surface area (Å²) in [7, 11) is 0. The van der Waals surface area contributed by atoms with E-state index in [4.69, 9.17) is 0 Å². The normalized spacial score (nSPS) is 23.1. The summed E-state index contributed by atoms with van der Waals surface area (Å²) in [6, 6.07) is 0. The molecule has 0 aromatic heterocycles. The number of carbonyl (C=O) groups is 3. The maximum atomic E-state index is 11.9. The summed E-state index contributed by atoms with van der Waals surface area (Å²) in [5.74, 6) is -1.56. The van der Waals surface area contributed by atoms with E-state index in [1.54, 1.807) is 0 Å². The molecule has 5 heteroatoms. The smallest absolute Gasteiger partial charge is 0.318 e. The van der Waals surface area contributed by atoms with E-state index in [1.807, 2.05) is 0 Å². The van der Waals surface area contributed by atoms with Gasteiger partial charge in [-0.1, -0.05) is 12.8 Å². The van der Waals surface area contributed by atoms with Gasteiger partial charge in [0.2, 0.25) is 5.91 Å². The molecule has 5 nitrogen and oxygen atoms in total. The molecule has 1 aliphatic carbocycles. The van der Waals surface area contributed by atoms with Crippen LogP contribution in [0, 0.1) is 5.92 Å². The first kappa shape index (κ1) is 10.1. The second-order valence-corrected chi connectivity index (χ2v) is 4.03. The number of imide groups is 1. The molecule has 0 spiro atoms. The van der Waals surface area contributed by atoms with Gasteiger partial charge in [-0.3, -0.25) is 19.3 Å². The molecular weight excluding hydrogens is 196 g/mol. The maximum absolute atomic E-state index is 11.9. The van der Waals surface area contributed by atoms with Gasteiger partial charge in [0.1, 0.15) is 0 Å². The van der Waals surface area contributed by atoms with Crippen molar-refractivity contribution < 1.29 is 14.4 Å². The Labute approximate surface area is 87.8 Å². The molecule has 82 valence electrons. The molecule has 2 rings (SSSR count). The van der Waals surface area contributed by atoms with Crippen LogP contribution < -0.4 is 5.32 Å². The Kier molecular flexibility index (Phi) is 2.70. The van der Waals surface area contributed by atoms with E-state index in [0.29, 0.717) is 13.1 Å². The van der Waals surface area contributed by atoms with Crippen LogP contribution in [0.1, 0.15) is 25.7 Å². The summed E-state index contributed by atoms with van der Waals surface area (Å²) < 4.78 is 0. The zero-order valence-corrected chi connectivity index (χ0v) is 8.49. The zero-order valence-electron chi connectivity index (χ0n) is 8.49. The molecule has 15 heavy (non-hydrogen) atoms. The Bertz CT molecular complexity index is 308. The topological polar surface area (TPSA) is 66.5 Å². The van der Waals surface area contributed by atoms with Crippen molar-refractivity contribution in [1.29, 1.82) is 0 Å². The lowest BCUT2D eigenvalue weighted by molar-refractivity contribution is -0.156. The van der Waals surface area contributed by atoms with E-state index >= 15 is 0 Å². The SMILES string of the molecule is O=C1NCCN(C(=O)C2CCCC2)C1=O. The molecule has 0 aromatic carbocycles. The predicted octanol–water partition coefficient (Wildman–Crippen LogP) is -0.338. The molecule has 1 N–H and O–H groups in total. The largest absolute Gasteiger partial charge is 0.346 e. The van der Waals surface area contributed by atoms with Crippen LogP contribution >= 0.6 is 0 Å². The van der Waals surface area contributed by atoms with E-state index in [0.717, 1.165) is 30.6 Å². The van der Waals surface area contributed by atoms with Crippen LogP contribution in [0.4, 0.5) is 0 Å². The summed E-state index contributed by atoms with van der Waals surface area (Å²) in [5, 5.41) is 2.42. The van der Waals surface area contributed by atoms with Gasteiger partial charge < -0.3 is 5.32 Å². The fourth-order valence-electron chi connectivity index (χ4n) is 2.18. The number of piperazine rings is 1. The van der Waals surface area contributed by atoms with Gasteiger partial charge in [0, 0.05) is 19.0 Å². The summed E-state index contributed by atoms with van der Waals surface area (Å²) in [4.78, 5) is 35.5. The zero-order chi connectivity index (χ0) is 10.8. The van der Waals surface area contributed by atoms with Gasteiger partial charge in [-0.2, -0.15) is 0 Å². The lowest BCUT2D eigenvalue weighted by Gasteiger charge is -2.26. The van der Waals surface area contributed by atoms with Gasteiger partial charge in [0.05, 0.1) is 0 Å². The molecule has 0 atom stereocenters. The molecule has 0 unspecified atom stereocenters. The Morgan fingerprint density at radius 2 is 1.93 bits per heavy atom. The monoisotopic (exact) mass is 210 g/mol. The first-order valence-corrected chi connectivity index (χ1v) is 5.33. The van der Waals surface area contributed by atoms with Gasteiger partial charge in [0.25, 0.3) is 0 Å². The van der Waals surface area contributed by atoms with Gasteiger partial charge in [-0.15, -0.1) is 0 Å². The second kappa shape index (κ2) is 4.00. The molecule has 0 aromatic rings. The Morgan fingerprint density at radius 1 is 1.27 bits per heavy atom. The molecule has 1 saturated carbocycles. The van der Waals surface area contributed by atoms with Crippen molar-refractivity contribution >= 4 is 17.7 Å². The molecule has 2 fully saturated rings. The highest BCUT2D eigenvalue weighted by molar-refractivity contribution is 6.38. The lowest BCUT2D eigenvalue weighted by Crippen LogP contribution is -2.55. The van der Waals surface area contributed by atoms with Crippen molar-refractivity contribution in [3.63, 3.8) is 0 Å². The highest BCUT2D eigenvalue weighted by Crippen LogP contribution is 2.26. The quantitative estimate of drug-likeness (QED) is 0.475. The van der Waals surface area contributed by atoms with Crippen molar-refractivity contribution in [2.45, 2.75) is 25.7 Å². The minimum absolute atomic E-state index is 0.0418. The van der Waals surface area contributed by atoms with Crippen molar-refractivity contribution in [2.75, 3.05) is 13.1 Å². The first-order valence-electron chi connectivity index (χ1n) is 5.33. The van der Waals surface area contributed by atoms with Crippen LogP contribution in [-0.4, -0.2) is 35.7 Å². The van der Waals surface area contributed by atoms with Crippen LogP contribution in [-0.2, 0) is 14.4 Å². The fraction of sp³-hybridized carbons (Fsp3) is 0.700. The van der Waals surface area contributed by atoms with E-state index in [-0.39, 0.29) is 11.8 Å². The lowest BCUT2D eigenvalue weighted by atomic mass is 10.1. The number of hydrogen-bond donors (Lipinski definition) is 1. The standard InChI is InChI=1S/C10H14N2O3/c13-8-10(15)12(6-5-11-8)9(14)7-3-1-2-4-7/h7H,1-6H2,(H,11,13). The van der Waals surface area contributed by atoms with Crippen LogP contribution in [0.25, 0.3) is 0 Å². The number of nitrogens with zero attached hydrogens (tertiary/aromatic N) is 1. The molecule has 1 saturated heterocycles. The van der Waals surface area contributed by atoms with E-state index < -0.39 is 11.8 Å². The van der Waals surface area contributed by atoms with Crippen molar-refractivity contribution in [3.05, 3.63) is 0 Å². The predicted molar refractivity (Wildman–Crippen MR) is 51.7 cm³/mol. The minimum atomic E-state index is -0.696. The number of nitrogens with one attached hydrogen (secondary N) is 1. The van der Waals surface area contributed by atoms with Crippen LogP contribution in [0.2, 0.25) is 0 Å². The molecule has 0 radical (unpaired) electrons. The third-order valence-electron chi connectivity index (χ3n) is 3.03. The van der Waals surface area contributed by atoms with Crippen LogP contribution in [0.15, 0.2) is 0 Å². The number of rotatable bonds is 1. The van der Waals surface area contributed by atoms with Gasteiger partial charge in [-0.25, -0.2) is 0 Å². The summed E-state index contributed by atoms with van der Waals surface area (Å²) in [6.07, 6.45) is 3.80. The molecular formula is C10H14N2O3. The number of carbonyl (C=O) groups excluding carboxylic acids is 3. The number of hydrogen-bond acceptors (Lipinski definition) is 3. The molecule has 1 heterocycles. The van der Waals surface area contributed by atoms with Crippen molar-refractivity contribution in [3.8, 4) is 0 Å². The highest BCUT2D eigenvalue weighted by Gasteiger charge is 2.35. The average Bonchev–Trinajstić information content (AvgIpc) is 2.74. The second-order valence-electron chi connectivity index (χ2n) is 4.03. The van der Waals surface area contributed by atoms with Gasteiger partial charge in [0.15, 0.2) is 0 Å². The average molecular weight is 210 g/mol. The van der Waals surface area contributed by atoms with E-state index in [2.05, 4.69) is 5.32 Å². The van der Waals surface area contributed by atoms with E-state index in [1.165, 1.54) is 0 Å². The molecule has 0 bridgehead atoms. The molecule has 3 amide bonds. The summed E-state index contributed by atoms with van der Waals surface area (Å²) in [6.45, 7) is 0.697. The molecule has 2 aliphatic rings. The Hall–Kier alpha value is -1.39. The van der Waals surface area contributed by atoms with Crippen molar-refractivity contribution in [1.82, 2.24) is 10.2 Å². The third-order valence-corrected chi connectivity index (χ3v) is 3.03. The number of amides is 3. The van der Waals surface area contributed by atoms with Gasteiger partial charge in [-0.05, 0) is 12.8 Å². The Balaban J connectivity index is 2.05. The minimum Gasteiger partial charge on any atom is -0.346 e. The third kappa shape index (κ3) is 1.86. The van der Waals surface area contributed by atoms with Crippen LogP contribution in [0.3, 0.4) is 0 Å². The van der Waals surface area contributed by atoms with Gasteiger partial charge >= 0.3 is 11.8 Å².